The summed E-state index contributed by atoms with van der Waals surface area (Å²) in [4.78, 5) is 11.2. The van der Waals surface area contributed by atoms with Crippen LogP contribution in [0.4, 0.5) is 0 Å². The predicted octanol–water partition coefficient (Wildman–Crippen LogP) is -0.409. The van der Waals surface area contributed by atoms with Crippen molar-refractivity contribution in [3.8, 4) is 6.07 Å². The van der Waals surface area contributed by atoms with E-state index < -0.39 is 5.92 Å². The van der Waals surface area contributed by atoms with E-state index in [2.05, 4.69) is 15.5 Å². The zero-order valence-electron chi connectivity index (χ0n) is 8.06. The smallest absolute Gasteiger partial charge is 0.237 e. The third kappa shape index (κ3) is 2.29. The molecule has 0 fully saturated rings. The molecule has 1 N–H and O–H groups in total. The lowest BCUT2D eigenvalue weighted by Gasteiger charge is -2.04. The summed E-state index contributed by atoms with van der Waals surface area (Å²) in [6.45, 7) is 1.84. The molecular weight excluding hydrogens is 182 g/mol. The van der Waals surface area contributed by atoms with Crippen LogP contribution in [0.5, 0.6) is 0 Å². The van der Waals surface area contributed by atoms with E-state index >= 15 is 0 Å². The standard InChI is InChI=1S/C8H11N5O/c1-6(3-9)8(14)10-4-7-12-11-5-13(7)2/h5-6H,4H2,1-2H3,(H,10,14). The Morgan fingerprint density at radius 2 is 2.57 bits per heavy atom. The molecule has 0 aliphatic rings. The van der Waals surface area contributed by atoms with Gasteiger partial charge in [0.2, 0.25) is 5.91 Å². The van der Waals surface area contributed by atoms with Crippen LogP contribution in [-0.2, 0) is 18.4 Å². The average Bonchev–Trinajstić information content (AvgIpc) is 2.59. The summed E-state index contributed by atoms with van der Waals surface area (Å²) in [7, 11) is 1.79. The van der Waals surface area contributed by atoms with Gasteiger partial charge in [-0.3, -0.25) is 4.79 Å². The minimum absolute atomic E-state index is 0.293. The van der Waals surface area contributed by atoms with Crippen LogP contribution in [0.25, 0.3) is 0 Å². The molecule has 0 aliphatic carbocycles. The Bertz CT molecular complexity index is 364. The summed E-state index contributed by atoms with van der Waals surface area (Å²) in [6, 6.07) is 1.85. The van der Waals surface area contributed by atoms with E-state index in [1.165, 1.54) is 0 Å². The van der Waals surface area contributed by atoms with Crippen molar-refractivity contribution in [2.24, 2.45) is 13.0 Å². The molecule has 0 saturated carbocycles. The molecule has 1 aromatic rings. The Labute approximate surface area is 81.6 Å². The number of nitrogens with zero attached hydrogens (tertiary/aromatic N) is 4. The van der Waals surface area contributed by atoms with Crippen molar-refractivity contribution in [2.45, 2.75) is 13.5 Å². The number of amides is 1. The highest BCUT2D eigenvalue weighted by Gasteiger charge is 2.11. The number of hydrogen-bond acceptors (Lipinski definition) is 4. The van der Waals surface area contributed by atoms with Gasteiger partial charge in [-0.1, -0.05) is 0 Å². The third-order valence-corrected chi connectivity index (χ3v) is 1.81. The van der Waals surface area contributed by atoms with E-state index in [4.69, 9.17) is 5.26 Å². The number of aromatic nitrogens is 3. The molecule has 1 atom stereocenters. The van der Waals surface area contributed by atoms with Gasteiger partial charge in [0, 0.05) is 7.05 Å². The predicted molar refractivity (Wildman–Crippen MR) is 47.6 cm³/mol. The second kappa shape index (κ2) is 4.37. The zero-order valence-corrected chi connectivity index (χ0v) is 8.06. The van der Waals surface area contributed by atoms with Crippen LogP contribution in [0, 0.1) is 17.2 Å². The van der Waals surface area contributed by atoms with Crippen LogP contribution >= 0.6 is 0 Å². The molecule has 1 aromatic heterocycles. The Morgan fingerprint density at radius 1 is 1.86 bits per heavy atom. The van der Waals surface area contributed by atoms with E-state index in [0.29, 0.717) is 12.4 Å². The first-order valence-corrected chi connectivity index (χ1v) is 4.15. The molecular formula is C8H11N5O. The number of carbonyl (C=O) groups is 1. The third-order valence-electron chi connectivity index (χ3n) is 1.81. The number of aryl methyl sites for hydroxylation is 1. The fourth-order valence-electron chi connectivity index (χ4n) is 0.845. The van der Waals surface area contributed by atoms with E-state index in [9.17, 15) is 4.79 Å². The number of carbonyl (C=O) groups excluding carboxylic acids is 1. The van der Waals surface area contributed by atoms with Crippen LogP contribution in [-0.4, -0.2) is 20.7 Å². The summed E-state index contributed by atoms with van der Waals surface area (Å²) < 4.78 is 1.71. The number of nitrogens with one attached hydrogen (secondary N) is 1. The summed E-state index contributed by atoms with van der Waals surface area (Å²) in [5.74, 6) is -0.276. The molecule has 0 saturated heterocycles. The molecule has 1 amide bonds. The normalized spacial score (nSPS) is 11.8. The Morgan fingerprint density at radius 3 is 3.07 bits per heavy atom. The summed E-state index contributed by atoms with van der Waals surface area (Å²) in [5, 5.41) is 18.5. The van der Waals surface area contributed by atoms with Crippen molar-refractivity contribution in [2.75, 3.05) is 0 Å². The number of hydrogen-bond donors (Lipinski definition) is 1. The molecule has 6 heteroatoms. The maximum atomic E-state index is 11.2. The van der Waals surface area contributed by atoms with Gasteiger partial charge in [-0.15, -0.1) is 10.2 Å². The first-order valence-electron chi connectivity index (χ1n) is 4.15. The highest BCUT2D eigenvalue weighted by molar-refractivity contribution is 5.80. The fraction of sp³-hybridized carbons (Fsp3) is 0.500. The van der Waals surface area contributed by atoms with Gasteiger partial charge in [-0.05, 0) is 6.92 Å². The molecule has 0 spiro atoms. The van der Waals surface area contributed by atoms with Gasteiger partial charge in [0.25, 0.3) is 0 Å². The van der Waals surface area contributed by atoms with E-state index in [0.717, 1.165) is 0 Å². The molecule has 1 heterocycles. The molecule has 1 rings (SSSR count). The van der Waals surface area contributed by atoms with Crippen LogP contribution < -0.4 is 5.32 Å². The largest absolute Gasteiger partial charge is 0.348 e. The van der Waals surface area contributed by atoms with Crippen molar-refractivity contribution in [3.05, 3.63) is 12.2 Å². The Balaban J connectivity index is 2.46. The van der Waals surface area contributed by atoms with Gasteiger partial charge in [0.1, 0.15) is 12.2 Å². The Hall–Kier alpha value is -1.90. The molecule has 1 unspecified atom stereocenters. The van der Waals surface area contributed by atoms with Gasteiger partial charge >= 0.3 is 0 Å². The highest BCUT2D eigenvalue weighted by Crippen LogP contribution is 1.94. The van der Waals surface area contributed by atoms with Gasteiger partial charge in [0.15, 0.2) is 5.82 Å². The van der Waals surface area contributed by atoms with Crippen molar-refractivity contribution in [1.82, 2.24) is 20.1 Å². The summed E-state index contributed by atoms with van der Waals surface area (Å²) in [5.41, 5.74) is 0. The lowest BCUT2D eigenvalue weighted by Crippen LogP contribution is -2.28. The zero-order chi connectivity index (χ0) is 10.6. The van der Waals surface area contributed by atoms with E-state index in [-0.39, 0.29) is 5.91 Å². The molecule has 6 nitrogen and oxygen atoms in total. The maximum absolute atomic E-state index is 11.2. The van der Waals surface area contributed by atoms with E-state index in [1.807, 2.05) is 6.07 Å². The van der Waals surface area contributed by atoms with Crippen LogP contribution in [0.15, 0.2) is 6.33 Å². The van der Waals surface area contributed by atoms with E-state index in [1.54, 1.807) is 24.9 Å². The van der Waals surface area contributed by atoms with Crippen LogP contribution in [0.2, 0.25) is 0 Å². The monoisotopic (exact) mass is 193 g/mol. The van der Waals surface area contributed by atoms with Crippen LogP contribution in [0.3, 0.4) is 0 Å². The minimum Gasteiger partial charge on any atom is -0.348 e. The first-order chi connectivity index (χ1) is 6.65. The number of rotatable bonds is 3. The second-order valence-corrected chi connectivity index (χ2v) is 2.93. The van der Waals surface area contributed by atoms with Crippen molar-refractivity contribution >= 4 is 5.91 Å². The minimum atomic E-state index is -0.636. The molecule has 14 heavy (non-hydrogen) atoms. The molecule has 0 aliphatic heterocycles. The average molecular weight is 193 g/mol. The second-order valence-electron chi connectivity index (χ2n) is 2.93. The van der Waals surface area contributed by atoms with Gasteiger partial charge in [-0.2, -0.15) is 5.26 Å². The molecule has 0 bridgehead atoms. The fourth-order valence-corrected chi connectivity index (χ4v) is 0.845. The molecule has 0 radical (unpaired) electrons. The van der Waals surface area contributed by atoms with Crippen molar-refractivity contribution in [1.29, 1.82) is 5.26 Å². The van der Waals surface area contributed by atoms with Crippen molar-refractivity contribution < 1.29 is 4.79 Å². The number of nitriles is 1. The highest BCUT2D eigenvalue weighted by atomic mass is 16.1. The summed E-state index contributed by atoms with van der Waals surface area (Å²) in [6.07, 6.45) is 1.55. The quantitative estimate of drug-likeness (QED) is 0.707. The lowest BCUT2D eigenvalue weighted by molar-refractivity contribution is -0.123. The van der Waals surface area contributed by atoms with Gasteiger partial charge in [0.05, 0.1) is 12.6 Å². The van der Waals surface area contributed by atoms with Gasteiger partial charge in [-0.25, -0.2) is 0 Å². The first kappa shape index (κ1) is 10.2. The SMILES string of the molecule is CC(C#N)C(=O)NCc1nncn1C. The van der Waals surface area contributed by atoms with Gasteiger partial charge < -0.3 is 9.88 Å². The molecule has 74 valence electrons. The maximum Gasteiger partial charge on any atom is 0.237 e. The Kier molecular flexibility index (Phi) is 3.18. The molecule has 0 aromatic carbocycles. The van der Waals surface area contributed by atoms with Crippen molar-refractivity contribution in [3.63, 3.8) is 0 Å². The summed E-state index contributed by atoms with van der Waals surface area (Å²) >= 11 is 0. The topological polar surface area (TPSA) is 83.6 Å². The van der Waals surface area contributed by atoms with Crippen LogP contribution in [0.1, 0.15) is 12.7 Å². The lowest BCUT2D eigenvalue weighted by atomic mass is 10.2.